The third-order valence-electron chi connectivity index (χ3n) is 3.15. The zero-order valence-corrected chi connectivity index (χ0v) is 10.2. The number of ether oxygens (including phenoxy) is 1. The van der Waals surface area contributed by atoms with Gasteiger partial charge >= 0.3 is 5.97 Å². The molecule has 0 aliphatic carbocycles. The van der Waals surface area contributed by atoms with Gasteiger partial charge in [0.15, 0.2) is 0 Å². The summed E-state index contributed by atoms with van der Waals surface area (Å²) in [5.41, 5.74) is 0.487. The maximum absolute atomic E-state index is 11.2. The van der Waals surface area contributed by atoms with Gasteiger partial charge in [-0.05, 0) is 38.3 Å². The highest BCUT2D eigenvalue weighted by Crippen LogP contribution is 2.29. The van der Waals surface area contributed by atoms with Gasteiger partial charge < -0.3 is 9.64 Å². The summed E-state index contributed by atoms with van der Waals surface area (Å²) in [4.78, 5) is 13.5. The molecule has 0 radical (unpaired) electrons. The van der Waals surface area contributed by atoms with Gasteiger partial charge in [-0.3, -0.25) is 4.79 Å². The number of rotatable bonds is 4. The van der Waals surface area contributed by atoms with Crippen LogP contribution in [0.5, 0.6) is 0 Å². The van der Waals surface area contributed by atoms with Gasteiger partial charge in [0.2, 0.25) is 0 Å². The maximum Gasteiger partial charge on any atom is 0.307 e. The molecule has 3 nitrogen and oxygen atoms in total. The van der Waals surface area contributed by atoms with Crippen molar-refractivity contribution >= 4 is 5.97 Å². The molecule has 1 aliphatic heterocycles. The first-order valence-electron chi connectivity index (χ1n) is 5.91. The van der Waals surface area contributed by atoms with Crippen LogP contribution in [0.1, 0.15) is 40.0 Å². The highest BCUT2D eigenvalue weighted by molar-refractivity contribution is 5.69. The van der Waals surface area contributed by atoms with E-state index in [1.165, 1.54) is 12.8 Å². The molecule has 0 aromatic rings. The molecule has 0 aromatic carbocycles. The largest absolute Gasteiger partial charge is 0.466 e. The maximum atomic E-state index is 11.2. The molecule has 15 heavy (non-hydrogen) atoms. The predicted molar refractivity (Wildman–Crippen MR) is 60.7 cm³/mol. The van der Waals surface area contributed by atoms with Crippen LogP contribution in [0.4, 0.5) is 0 Å². The monoisotopic (exact) mass is 213 g/mol. The van der Waals surface area contributed by atoms with Crippen LogP contribution in [0.2, 0.25) is 0 Å². The molecule has 0 spiro atoms. The van der Waals surface area contributed by atoms with Crippen molar-refractivity contribution in [2.75, 3.05) is 26.2 Å². The van der Waals surface area contributed by atoms with Crippen molar-refractivity contribution in [3.8, 4) is 0 Å². The first-order valence-corrected chi connectivity index (χ1v) is 5.91. The molecule has 1 rings (SSSR count). The number of nitrogens with zero attached hydrogens (tertiary/aromatic N) is 1. The molecule has 0 unspecified atom stereocenters. The Morgan fingerprint density at radius 2 is 1.93 bits per heavy atom. The van der Waals surface area contributed by atoms with E-state index in [4.69, 9.17) is 4.74 Å². The Morgan fingerprint density at radius 3 is 2.47 bits per heavy atom. The van der Waals surface area contributed by atoms with Crippen LogP contribution in [-0.2, 0) is 9.53 Å². The number of hydrogen-bond donors (Lipinski definition) is 0. The Kier molecular flexibility index (Phi) is 4.58. The van der Waals surface area contributed by atoms with E-state index < -0.39 is 0 Å². The van der Waals surface area contributed by atoms with Crippen molar-refractivity contribution in [1.29, 1.82) is 0 Å². The molecule has 0 N–H and O–H groups in total. The lowest BCUT2D eigenvalue weighted by Gasteiger charge is -2.36. The minimum Gasteiger partial charge on any atom is -0.466 e. The molecule has 0 atom stereocenters. The van der Waals surface area contributed by atoms with Crippen LogP contribution in [0.3, 0.4) is 0 Å². The van der Waals surface area contributed by atoms with E-state index in [1.54, 1.807) is 0 Å². The van der Waals surface area contributed by atoms with Crippen LogP contribution in [-0.4, -0.2) is 37.1 Å². The van der Waals surface area contributed by atoms with Gasteiger partial charge in [-0.15, -0.1) is 0 Å². The molecule has 1 fully saturated rings. The van der Waals surface area contributed by atoms with Crippen LogP contribution in [0, 0.1) is 5.41 Å². The number of piperidine rings is 1. The third-order valence-corrected chi connectivity index (χ3v) is 3.15. The van der Waals surface area contributed by atoms with Crippen LogP contribution < -0.4 is 0 Å². The number of likely N-dealkylation sites (tertiary alicyclic amines) is 1. The summed E-state index contributed by atoms with van der Waals surface area (Å²) in [5.74, 6) is -0.0673. The Balaban J connectivity index is 2.16. The molecular formula is C12H23NO2. The molecule has 3 heteroatoms. The Bertz CT molecular complexity index is 204. The molecule has 0 amide bonds. The third kappa shape index (κ3) is 4.65. The van der Waals surface area contributed by atoms with Crippen molar-refractivity contribution in [3.05, 3.63) is 0 Å². The molecule has 1 heterocycles. The summed E-state index contributed by atoms with van der Waals surface area (Å²) in [7, 11) is 0. The smallest absolute Gasteiger partial charge is 0.307 e. The minimum atomic E-state index is -0.0673. The van der Waals surface area contributed by atoms with Crippen molar-refractivity contribution in [1.82, 2.24) is 4.90 Å². The van der Waals surface area contributed by atoms with Crippen molar-refractivity contribution in [2.45, 2.75) is 40.0 Å². The molecular weight excluding hydrogens is 190 g/mol. The lowest BCUT2D eigenvalue weighted by atomic mass is 9.83. The van der Waals surface area contributed by atoms with E-state index in [0.717, 1.165) is 19.6 Å². The number of esters is 1. The summed E-state index contributed by atoms with van der Waals surface area (Å²) in [6.45, 7) is 10.1. The second-order valence-corrected chi connectivity index (χ2v) is 5.06. The fraction of sp³-hybridized carbons (Fsp3) is 0.917. The van der Waals surface area contributed by atoms with Crippen LogP contribution in [0.15, 0.2) is 0 Å². The molecule has 0 aromatic heterocycles. The van der Waals surface area contributed by atoms with E-state index in [1.807, 2.05) is 6.92 Å². The first-order chi connectivity index (χ1) is 7.03. The summed E-state index contributed by atoms with van der Waals surface area (Å²) in [6, 6.07) is 0. The minimum absolute atomic E-state index is 0.0673. The van der Waals surface area contributed by atoms with Crippen LogP contribution >= 0.6 is 0 Å². The number of carbonyl (C=O) groups excluding carboxylic acids is 1. The SMILES string of the molecule is CCOC(=O)CCN1CCC(C)(C)CC1. The van der Waals surface area contributed by atoms with Gasteiger partial charge in [-0.1, -0.05) is 13.8 Å². The molecule has 1 aliphatic rings. The van der Waals surface area contributed by atoms with Gasteiger partial charge in [0.05, 0.1) is 13.0 Å². The molecule has 1 saturated heterocycles. The van der Waals surface area contributed by atoms with E-state index in [0.29, 0.717) is 18.4 Å². The van der Waals surface area contributed by atoms with Crippen molar-refractivity contribution in [2.24, 2.45) is 5.41 Å². The van der Waals surface area contributed by atoms with E-state index >= 15 is 0 Å². The van der Waals surface area contributed by atoms with E-state index in [2.05, 4.69) is 18.7 Å². The second-order valence-electron chi connectivity index (χ2n) is 5.06. The van der Waals surface area contributed by atoms with Gasteiger partial charge in [0.1, 0.15) is 0 Å². The quantitative estimate of drug-likeness (QED) is 0.669. The lowest BCUT2D eigenvalue weighted by molar-refractivity contribution is -0.143. The molecule has 0 saturated carbocycles. The zero-order valence-electron chi connectivity index (χ0n) is 10.2. The standard InChI is InChI=1S/C12H23NO2/c1-4-15-11(14)5-8-13-9-6-12(2,3)7-10-13/h4-10H2,1-3H3. The molecule has 0 bridgehead atoms. The zero-order chi connectivity index (χ0) is 11.3. The van der Waals surface area contributed by atoms with Gasteiger partial charge in [0.25, 0.3) is 0 Å². The Labute approximate surface area is 92.8 Å². The van der Waals surface area contributed by atoms with E-state index in [9.17, 15) is 4.79 Å². The van der Waals surface area contributed by atoms with Gasteiger partial charge in [0, 0.05) is 6.54 Å². The molecule has 88 valence electrons. The average Bonchev–Trinajstić information content (AvgIpc) is 2.17. The Hall–Kier alpha value is -0.570. The first kappa shape index (κ1) is 12.5. The fourth-order valence-corrected chi connectivity index (χ4v) is 1.86. The van der Waals surface area contributed by atoms with Crippen molar-refractivity contribution < 1.29 is 9.53 Å². The lowest BCUT2D eigenvalue weighted by Crippen LogP contribution is -2.38. The normalized spacial score (nSPS) is 21.3. The van der Waals surface area contributed by atoms with Gasteiger partial charge in [-0.2, -0.15) is 0 Å². The predicted octanol–water partition coefficient (Wildman–Crippen LogP) is 2.06. The highest BCUT2D eigenvalue weighted by Gasteiger charge is 2.25. The summed E-state index contributed by atoms with van der Waals surface area (Å²) < 4.78 is 4.91. The summed E-state index contributed by atoms with van der Waals surface area (Å²) in [5, 5.41) is 0. The number of carbonyl (C=O) groups is 1. The van der Waals surface area contributed by atoms with E-state index in [-0.39, 0.29) is 5.97 Å². The van der Waals surface area contributed by atoms with Crippen LogP contribution in [0.25, 0.3) is 0 Å². The Morgan fingerprint density at radius 1 is 1.33 bits per heavy atom. The van der Waals surface area contributed by atoms with Crippen molar-refractivity contribution in [3.63, 3.8) is 0 Å². The topological polar surface area (TPSA) is 29.5 Å². The summed E-state index contributed by atoms with van der Waals surface area (Å²) >= 11 is 0. The van der Waals surface area contributed by atoms with Gasteiger partial charge in [-0.25, -0.2) is 0 Å². The average molecular weight is 213 g/mol. The highest BCUT2D eigenvalue weighted by atomic mass is 16.5. The summed E-state index contributed by atoms with van der Waals surface area (Å²) in [6.07, 6.45) is 3.00. The second kappa shape index (κ2) is 5.50. The number of hydrogen-bond acceptors (Lipinski definition) is 3. The fourth-order valence-electron chi connectivity index (χ4n) is 1.86.